The molecule has 2 atom stereocenters. The van der Waals surface area contributed by atoms with Gasteiger partial charge in [-0.1, -0.05) is 19.1 Å². The summed E-state index contributed by atoms with van der Waals surface area (Å²) in [5.74, 6) is 0.409. The Hall–Kier alpha value is -2.34. The predicted octanol–water partition coefficient (Wildman–Crippen LogP) is 4.46. The standard InChI is InChI=1S/C21H25NO4S/c1-4-25-17-8-6-5-7-16(17)22-20(23)14(3)26-21(24)19-12-15-11-13(2)9-10-18(15)27-19/h5-8,12-14H,4,9-11H2,1-3H3,(H,22,23)/t13-,14-/m1/s1. The molecule has 1 heterocycles. The van der Waals surface area contributed by atoms with Crippen LogP contribution in [0.15, 0.2) is 30.3 Å². The van der Waals surface area contributed by atoms with Gasteiger partial charge in [0.2, 0.25) is 0 Å². The van der Waals surface area contributed by atoms with Crippen molar-refractivity contribution in [3.63, 3.8) is 0 Å². The quantitative estimate of drug-likeness (QED) is 0.744. The molecule has 1 N–H and O–H groups in total. The Labute approximate surface area is 163 Å². The lowest BCUT2D eigenvalue weighted by molar-refractivity contribution is -0.123. The first-order valence-electron chi connectivity index (χ1n) is 9.33. The maximum absolute atomic E-state index is 12.5. The molecular weight excluding hydrogens is 362 g/mol. The minimum atomic E-state index is -0.898. The third kappa shape index (κ3) is 4.69. The highest BCUT2D eigenvalue weighted by molar-refractivity contribution is 7.14. The molecule has 3 rings (SSSR count). The Morgan fingerprint density at radius 2 is 2.11 bits per heavy atom. The van der Waals surface area contributed by atoms with Crippen molar-refractivity contribution in [2.75, 3.05) is 11.9 Å². The summed E-state index contributed by atoms with van der Waals surface area (Å²) in [5, 5.41) is 2.77. The molecule has 144 valence electrons. The zero-order valence-electron chi connectivity index (χ0n) is 15.9. The van der Waals surface area contributed by atoms with Crippen molar-refractivity contribution in [2.45, 2.75) is 46.1 Å². The molecular formula is C21H25NO4S. The van der Waals surface area contributed by atoms with Gasteiger partial charge in [0.1, 0.15) is 10.6 Å². The van der Waals surface area contributed by atoms with Gasteiger partial charge in [-0.2, -0.15) is 0 Å². The van der Waals surface area contributed by atoms with Gasteiger partial charge >= 0.3 is 5.97 Å². The zero-order chi connectivity index (χ0) is 19.4. The average molecular weight is 388 g/mol. The largest absolute Gasteiger partial charge is 0.492 e. The number of amides is 1. The molecule has 0 fully saturated rings. The van der Waals surface area contributed by atoms with Crippen molar-refractivity contribution in [1.29, 1.82) is 0 Å². The minimum absolute atomic E-state index is 0.384. The van der Waals surface area contributed by atoms with E-state index in [0.29, 0.717) is 28.8 Å². The zero-order valence-corrected chi connectivity index (χ0v) is 16.7. The van der Waals surface area contributed by atoms with E-state index in [1.165, 1.54) is 21.8 Å². The topological polar surface area (TPSA) is 64.6 Å². The number of carbonyl (C=O) groups excluding carboxylic acids is 2. The lowest BCUT2D eigenvalue weighted by atomic mass is 9.90. The number of carbonyl (C=O) groups is 2. The molecule has 1 aromatic carbocycles. The first kappa shape index (κ1) is 19.4. The van der Waals surface area contributed by atoms with Crippen molar-refractivity contribution in [3.05, 3.63) is 45.6 Å². The molecule has 5 nitrogen and oxygen atoms in total. The van der Waals surface area contributed by atoms with E-state index in [1.807, 2.05) is 25.1 Å². The number of hydrogen-bond acceptors (Lipinski definition) is 5. The number of hydrogen-bond donors (Lipinski definition) is 1. The first-order chi connectivity index (χ1) is 13.0. The molecule has 0 saturated heterocycles. The van der Waals surface area contributed by atoms with Gasteiger partial charge < -0.3 is 14.8 Å². The van der Waals surface area contributed by atoms with E-state index in [9.17, 15) is 9.59 Å². The third-order valence-corrected chi connectivity index (χ3v) is 5.85. The number of rotatable bonds is 6. The fraction of sp³-hybridized carbons (Fsp3) is 0.429. The summed E-state index contributed by atoms with van der Waals surface area (Å²) in [6, 6.07) is 9.11. The van der Waals surface area contributed by atoms with Gasteiger partial charge in [-0.25, -0.2) is 4.79 Å². The molecule has 0 saturated carbocycles. The van der Waals surface area contributed by atoms with Crippen LogP contribution in [-0.4, -0.2) is 24.6 Å². The maximum atomic E-state index is 12.5. The summed E-state index contributed by atoms with van der Waals surface area (Å²) in [5.41, 5.74) is 1.81. The van der Waals surface area contributed by atoms with Crippen molar-refractivity contribution in [2.24, 2.45) is 5.92 Å². The van der Waals surface area contributed by atoms with Gasteiger partial charge in [0.15, 0.2) is 6.10 Å². The molecule has 1 amide bonds. The first-order valence-corrected chi connectivity index (χ1v) is 10.1. The van der Waals surface area contributed by atoms with Crippen LogP contribution in [0.1, 0.15) is 47.3 Å². The van der Waals surface area contributed by atoms with Crippen LogP contribution in [0.2, 0.25) is 0 Å². The second-order valence-electron chi connectivity index (χ2n) is 6.87. The van der Waals surface area contributed by atoms with Crippen LogP contribution in [0.4, 0.5) is 5.69 Å². The number of benzene rings is 1. The van der Waals surface area contributed by atoms with Crippen molar-refractivity contribution >= 4 is 28.9 Å². The van der Waals surface area contributed by atoms with E-state index >= 15 is 0 Å². The molecule has 27 heavy (non-hydrogen) atoms. The lowest BCUT2D eigenvalue weighted by Crippen LogP contribution is -2.30. The number of fused-ring (bicyclic) bond motifs is 1. The Bertz CT molecular complexity index is 829. The fourth-order valence-electron chi connectivity index (χ4n) is 3.16. The number of para-hydroxylation sites is 2. The number of esters is 1. The highest BCUT2D eigenvalue weighted by atomic mass is 32.1. The van der Waals surface area contributed by atoms with E-state index < -0.39 is 12.1 Å². The highest BCUT2D eigenvalue weighted by Crippen LogP contribution is 2.32. The van der Waals surface area contributed by atoms with Crippen LogP contribution in [0.25, 0.3) is 0 Å². The molecule has 1 aliphatic rings. The monoisotopic (exact) mass is 387 g/mol. The van der Waals surface area contributed by atoms with Crippen LogP contribution < -0.4 is 10.1 Å². The van der Waals surface area contributed by atoms with Gasteiger partial charge in [0, 0.05) is 4.88 Å². The summed E-state index contributed by atoms with van der Waals surface area (Å²) >= 11 is 1.49. The van der Waals surface area contributed by atoms with Gasteiger partial charge in [-0.3, -0.25) is 4.79 Å². The van der Waals surface area contributed by atoms with Crippen LogP contribution in [-0.2, 0) is 22.4 Å². The third-order valence-electron chi connectivity index (χ3n) is 4.63. The number of aryl methyl sites for hydroxylation is 1. The van der Waals surface area contributed by atoms with Crippen LogP contribution in [0, 0.1) is 5.92 Å². The molecule has 6 heteroatoms. The van der Waals surface area contributed by atoms with E-state index in [2.05, 4.69) is 12.2 Å². The van der Waals surface area contributed by atoms with Crippen LogP contribution >= 0.6 is 11.3 Å². The summed E-state index contributed by atoms with van der Waals surface area (Å²) in [6.07, 6.45) is 2.27. The van der Waals surface area contributed by atoms with Crippen molar-refractivity contribution in [1.82, 2.24) is 0 Å². The highest BCUT2D eigenvalue weighted by Gasteiger charge is 2.24. The molecule has 0 bridgehead atoms. The SMILES string of the molecule is CCOc1ccccc1NC(=O)[C@@H](C)OC(=O)c1cc2c(s1)CC[C@@H](C)C2. The van der Waals surface area contributed by atoms with Gasteiger partial charge in [0.05, 0.1) is 12.3 Å². The number of nitrogens with one attached hydrogen (secondary N) is 1. The van der Waals surface area contributed by atoms with Gasteiger partial charge in [-0.05, 0) is 62.8 Å². The second kappa shape index (κ2) is 8.57. The molecule has 0 spiro atoms. The number of ether oxygens (including phenoxy) is 2. The average Bonchev–Trinajstić information content (AvgIpc) is 3.06. The molecule has 1 aliphatic carbocycles. The van der Waals surface area contributed by atoms with E-state index in [4.69, 9.17) is 9.47 Å². The molecule has 0 radical (unpaired) electrons. The molecule has 0 unspecified atom stereocenters. The Kier molecular flexibility index (Phi) is 6.16. The Balaban J connectivity index is 1.62. The Morgan fingerprint density at radius 3 is 2.89 bits per heavy atom. The summed E-state index contributed by atoms with van der Waals surface area (Å²) in [4.78, 5) is 26.7. The van der Waals surface area contributed by atoms with Crippen LogP contribution in [0.5, 0.6) is 5.75 Å². The smallest absolute Gasteiger partial charge is 0.349 e. The number of thiophene rings is 1. The number of anilines is 1. The predicted molar refractivity (Wildman–Crippen MR) is 107 cm³/mol. The van der Waals surface area contributed by atoms with Gasteiger partial charge in [0.25, 0.3) is 5.91 Å². The van der Waals surface area contributed by atoms with E-state index in [1.54, 1.807) is 19.1 Å². The fourth-order valence-corrected chi connectivity index (χ4v) is 4.26. The van der Waals surface area contributed by atoms with E-state index in [0.717, 1.165) is 19.3 Å². The van der Waals surface area contributed by atoms with Crippen molar-refractivity contribution < 1.29 is 19.1 Å². The van der Waals surface area contributed by atoms with Crippen molar-refractivity contribution in [3.8, 4) is 5.75 Å². The second-order valence-corrected chi connectivity index (χ2v) is 8.01. The molecule has 1 aromatic heterocycles. The van der Waals surface area contributed by atoms with Crippen LogP contribution in [0.3, 0.4) is 0 Å². The van der Waals surface area contributed by atoms with E-state index in [-0.39, 0.29) is 5.91 Å². The maximum Gasteiger partial charge on any atom is 0.349 e. The lowest BCUT2D eigenvalue weighted by Gasteiger charge is -2.16. The summed E-state index contributed by atoms with van der Waals surface area (Å²) in [7, 11) is 0. The molecule has 2 aromatic rings. The molecule has 0 aliphatic heterocycles. The minimum Gasteiger partial charge on any atom is -0.492 e. The summed E-state index contributed by atoms with van der Waals surface area (Å²) < 4.78 is 10.9. The summed E-state index contributed by atoms with van der Waals surface area (Å²) in [6.45, 7) is 6.18. The normalized spacial score (nSPS) is 16.9. The van der Waals surface area contributed by atoms with Gasteiger partial charge in [-0.15, -0.1) is 11.3 Å². The Morgan fingerprint density at radius 1 is 1.33 bits per heavy atom.